The number of aryl methyl sites for hydroxylation is 3. The molecule has 1 N–H and O–H groups in total. The lowest BCUT2D eigenvalue weighted by molar-refractivity contribution is -0.141. The SMILES string of the molecule is CCn1ncc(Cl)c1CNC(=O)CCn1nc(C(F)(F)F)cc1C. The predicted octanol–water partition coefficient (Wildman–Crippen LogP) is 2.79. The van der Waals surface area contributed by atoms with E-state index in [1.54, 1.807) is 4.68 Å². The first-order valence-electron chi connectivity index (χ1n) is 7.31. The monoisotopic (exact) mass is 363 g/mol. The molecule has 0 fully saturated rings. The van der Waals surface area contributed by atoms with E-state index in [4.69, 9.17) is 11.6 Å². The molecule has 0 unspecified atom stereocenters. The number of carbonyl (C=O) groups excluding carboxylic acids is 1. The van der Waals surface area contributed by atoms with Crippen molar-refractivity contribution in [2.75, 3.05) is 0 Å². The van der Waals surface area contributed by atoms with Gasteiger partial charge in [-0.3, -0.25) is 14.2 Å². The van der Waals surface area contributed by atoms with Crippen molar-refractivity contribution in [2.24, 2.45) is 0 Å². The molecule has 0 spiro atoms. The molecule has 24 heavy (non-hydrogen) atoms. The third-order valence-corrected chi connectivity index (χ3v) is 3.79. The summed E-state index contributed by atoms with van der Waals surface area (Å²) in [4.78, 5) is 11.9. The van der Waals surface area contributed by atoms with E-state index in [1.165, 1.54) is 17.8 Å². The van der Waals surface area contributed by atoms with E-state index in [9.17, 15) is 18.0 Å². The van der Waals surface area contributed by atoms with Gasteiger partial charge in [-0.25, -0.2) is 0 Å². The first-order chi connectivity index (χ1) is 11.2. The standard InChI is InChI=1S/C14H17ClF3N5O/c1-3-22-11(10(15)7-20-22)8-19-13(24)4-5-23-9(2)6-12(21-23)14(16,17)18/h6-7H,3-5,8H2,1-2H3,(H,19,24). The maximum absolute atomic E-state index is 12.6. The Morgan fingerprint density at radius 3 is 2.67 bits per heavy atom. The Kier molecular flexibility index (Phi) is 5.53. The predicted molar refractivity (Wildman–Crippen MR) is 81.3 cm³/mol. The molecule has 0 radical (unpaired) electrons. The molecule has 0 aromatic carbocycles. The van der Waals surface area contributed by atoms with Crippen molar-refractivity contribution in [1.29, 1.82) is 0 Å². The van der Waals surface area contributed by atoms with E-state index < -0.39 is 11.9 Å². The highest BCUT2D eigenvalue weighted by molar-refractivity contribution is 6.31. The van der Waals surface area contributed by atoms with Crippen molar-refractivity contribution >= 4 is 17.5 Å². The molecule has 6 nitrogen and oxygen atoms in total. The highest BCUT2D eigenvalue weighted by Crippen LogP contribution is 2.28. The van der Waals surface area contributed by atoms with Gasteiger partial charge < -0.3 is 5.32 Å². The van der Waals surface area contributed by atoms with Crippen LogP contribution in [-0.2, 0) is 30.6 Å². The Balaban J connectivity index is 1.90. The Morgan fingerprint density at radius 2 is 2.08 bits per heavy atom. The smallest absolute Gasteiger partial charge is 0.350 e. The third-order valence-electron chi connectivity index (χ3n) is 3.47. The number of carbonyl (C=O) groups is 1. The third kappa shape index (κ3) is 4.28. The summed E-state index contributed by atoms with van der Waals surface area (Å²) >= 11 is 5.99. The molecular formula is C14H17ClF3N5O. The zero-order valence-electron chi connectivity index (χ0n) is 13.2. The minimum atomic E-state index is -4.49. The average molecular weight is 364 g/mol. The summed E-state index contributed by atoms with van der Waals surface area (Å²) in [6, 6.07) is 0.956. The Labute approximate surface area is 141 Å². The van der Waals surface area contributed by atoms with Gasteiger partial charge in [-0.15, -0.1) is 0 Å². The van der Waals surface area contributed by atoms with E-state index in [-0.39, 0.29) is 25.4 Å². The average Bonchev–Trinajstić information content (AvgIpc) is 3.05. The van der Waals surface area contributed by atoms with Gasteiger partial charge in [0, 0.05) is 25.2 Å². The minimum Gasteiger partial charge on any atom is -0.350 e. The summed E-state index contributed by atoms with van der Waals surface area (Å²) in [7, 11) is 0. The molecule has 0 aliphatic carbocycles. The van der Waals surface area contributed by atoms with Crippen LogP contribution in [0.4, 0.5) is 13.2 Å². The number of halogens is 4. The summed E-state index contributed by atoms with van der Waals surface area (Å²) in [6.45, 7) is 4.30. The van der Waals surface area contributed by atoms with Crippen LogP contribution in [0, 0.1) is 6.92 Å². The number of rotatable bonds is 6. The van der Waals surface area contributed by atoms with E-state index in [0.29, 0.717) is 23.0 Å². The molecule has 132 valence electrons. The summed E-state index contributed by atoms with van der Waals surface area (Å²) in [6.07, 6.45) is -2.98. The van der Waals surface area contributed by atoms with Gasteiger partial charge >= 0.3 is 6.18 Å². The zero-order chi connectivity index (χ0) is 17.9. The molecule has 0 bridgehead atoms. The number of aromatic nitrogens is 4. The maximum Gasteiger partial charge on any atom is 0.435 e. The molecule has 2 aromatic rings. The van der Waals surface area contributed by atoms with Gasteiger partial charge in [0.2, 0.25) is 5.91 Å². The first-order valence-corrected chi connectivity index (χ1v) is 7.68. The summed E-state index contributed by atoms with van der Waals surface area (Å²) in [5.41, 5.74) is 0.0726. The van der Waals surface area contributed by atoms with Gasteiger partial charge in [-0.2, -0.15) is 23.4 Å². The van der Waals surface area contributed by atoms with Crippen LogP contribution in [0.5, 0.6) is 0 Å². The molecule has 2 aromatic heterocycles. The van der Waals surface area contributed by atoms with Crippen LogP contribution < -0.4 is 5.32 Å². The van der Waals surface area contributed by atoms with E-state index in [0.717, 1.165) is 6.07 Å². The summed E-state index contributed by atoms with van der Waals surface area (Å²) in [5, 5.41) is 10.7. The fourth-order valence-electron chi connectivity index (χ4n) is 2.19. The molecule has 0 aliphatic heterocycles. The first kappa shape index (κ1) is 18.3. The Morgan fingerprint density at radius 1 is 1.38 bits per heavy atom. The second-order valence-corrected chi connectivity index (χ2v) is 5.58. The summed E-state index contributed by atoms with van der Waals surface area (Å²) in [5.74, 6) is -0.307. The summed E-state index contributed by atoms with van der Waals surface area (Å²) < 4.78 is 40.6. The largest absolute Gasteiger partial charge is 0.435 e. The highest BCUT2D eigenvalue weighted by Gasteiger charge is 2.34. The number of hydrogen-bond acceptors (Lipinski definition) is 3. The highest BCUT2D eigenvalue weighted by atomic mass is 35.5. The van der Waals surface area contributed by atoms with Crippen molar-refractivity contribution in [3.05, 3.63) is 34.4 Å². The number of nitrogens with zero attached hydrogens (tertiary/aromatic N) is 4. The van der Waals surface area contributed by atoms with Crippen LogP contribution in [0.25, 0.3) is 0 Å². The molecular weight excluding hydrogens is 347 g/mol. The molecule has 0 saturated heterocycles. The van der Waals surface area contributed by atoms with E-state index in [1.807, 2.05) is 6.92 Å². The minimum absolute atomic E-state index is 0.0116. The molecule has 0 aliphatic rings. The van der Waals surface area contributed by atoms with Gasteiger partial charge in [0.05, 0.1) is 23.5 Å². The molecule has 0 atom stereocenters. The molecule has 0 saturated carbocycles. The second kappa shape index (κ2) is 7.25. The number of hydrogen-bond donors (Lipinski definition) is 1. The lowest BCUT2D eigenvalue weighted by Gasteiger charge is -2.08. The lowest BCUT2D eigenvalue weighted by Crippen LogP contribution is -2.26. The fraction of sp³-hybridized carbons (Fsp3) is 0.500. The topological polar surface area (TPSA) is 64.7 Å². The van der Waals surface area contributed by atoms with Crippen LogP contribution in [-0.4, -0.2) is 25.5 Å². The van der Waals surface area contributed by atoms with Gasteiger partial charge in [0.15, 0.2) is 5.69 Å². The van der Waals surface area contributed by atoms with Crippen molar-refractivity contribution in [3.63, 3.8) is 0 Å². The van der Waals surface area contributed by atoms with Gasteiger partial charge in [0.1, 0.15) is 0 Å². The van der Waals surface area contributed by atoms with Crippen molar-refractivity contribution < 1.29 is 18.0 Å². The molecule has 2 heterocycles. The normalized spacial score (nSPS) is 11.8. The number of nitrogens with one attached hydrogen (secondary N) is 1. The maximum atomic E-state index is 12.6. The lowest BCUT2D eigenvalue weighted by atomic mass is 10.3. The van der Waals surface area contributed by atoms with Crippen molar-refractivity contribution in [1.82, 2.24) is 24.9 Å². The molecule has 1 amide bonds. The fourth-order valence-corrected chi connectivity index (χ4v) is 2.40. The van der Waals surface area contributed by atoms with Gasteiger partial charge in [-0.05, 0) is 19.9 Å². The zero-order valence-corrected chi connectivity index (χ0v) is 13.9. The van der Waals surface area contributed by atoms with Crippen LogP contribution in [0.1, 0.15) is 30.4 Å². The van der Waals surface area contributed by atoms with Gasteiger partial charge in [-0.1, -0.05) is 11.6 Å². The van der Waals surface area contributed by atoms with Crippen LogP contribution in [0.15, 0.2) is 12.3 Å². The Bertz CT molecular complexity index is 723. The van der Waals surface area contributed by atoms with Crippen LogP contribution in [0.3, 0.4) is 0 Å². The number of alkyl halides is 3. The van der Waals surface area contributed by atoms with Gasteiger partial charge in [0.25, 0.3) is 0 Å². The molecule has 10 heteroatoms. The second-order valence-electron chi connectivity index (χ2n) is 5.17. The van der Waals surface area contributed by atoms with E-state index in [2.05, 4.69) is 15.5 Å². The molecule has 2 rings (SSSR count). The van der Waals surface area contributed by atoms with Crippen LogP contribution in [0.2, 0.25) is 5.02 Å². The van der Waals surface area contributed by atoms with E-state index >= 15 is 0 Å². The van der Waals surface area contributed by atoms with Crippen molar-refractivity contribution in [3.8, 4) is 0 Å². The van der Waals surface area contributed by atoms with Crippen molar-refractivity contribution in [2.45, 2.75) is 46.1 Å². The van der Waals surface area contributed by atoms with Crippen LogP contribution >= 0.6 is 11.6 Å². The quantitative estimate of drug-likeness (QED) is 0.858. The number of amides is 1. The Hall–Kier alpha value is -2.03.